The van der Waals surface area contributed by atoms with Crippen LogP contribution >= 0.6 is 0 Å². The average molecular weight is 334 g/mol. The number of carbonyl (C=O) groups excluding carboxylic acids is 2. The molecule has 2 aliphatic heterocycles. The molecule has 0 aromatic carbocycles. The maximum Gasteiger partial charge on any atom is 0.325 e. The molecule has 0 unspecified atom stereocenters. The Balaban J connectivity index is 1.71. The van der Waals surface area contributed by atoms with Crippen molar-refractivity contribution in [3.8, 4) is 0 Å². The van der Waals surface area contributed by atoms with Gasteiger partial charge in [-0.1, -0.05) is 19.0 Å². The smallest absolute Gasteiger partial charge is 0.325 e. The summed E-state index contributed by atoms with van der Waals surface area (Å²) in [4.78, 5) is 29.0. The lowest BCUT2D eigenvalue weighted by atomic mass is 9.87. The van der Waals surface area contributed by atoms with E-state index < -0.39 is 5.54 Å². The van der Waals surface area contributed by atoms with Crippen LogP contribution in [0.2, 0.25) is 0 Å². The Morgan fingerprint density at radius 2 is 1.92 bits per heavy atom. The molecule has 1 spiro atoms. The number of hydrogen-bond donors (Lipinski definition) is 1. The van der Waals surface area contributed by atoms with Crippen molar-refractivity contribution in [1.29, 1.82) is 0 Å². The molecule has 3 amide bonds. The molecule has 2 saturated heterocycles. The number of aromatic nitrogens is 1. The molecule has 1 aromatic heterocycles. The number of nitrogens with zero attached hydrogens (tertiary/aromatic N) is 3. The van der Waals surface area contributed by atoms with Crippen LogP contribution in [0, 0.1) is 19.8 Å². The Labute approximate surface area is 142 Å². The monoisotopic (exact) mass is 334 g/mol. The van der Waals surface area contributed by atoms with Gasteiger partial charge in [-0.2, -0.15) is 0 Å². The number of carbonyl (C=O) groups is 2. The zero-order valence-electron chi connectivity index (χ0n) is 14.9. The van der Waals surface area contributed by atoms with Gasteiger partial charge in [0, 0.05) is 25.2 Å². The molecule has 7 nitrogen and oxygen atoms in total. The molecule has 2 fully saturated rings. The molecule has 0 atom stereocenters. The van der Waals surface area contributed by atoms with Crippen LogP contribution in [0.5, 0.6) is 0 Å². The maximum atomic E-state index is 12.9. The number of rotatable bonds is 4. The summed E-state index contributed by atoms with van der Waals surface area (Å²) in [5.41, 5.74) is 0.803. The standard InChI is InChI=1S/C17H26N4O3/c1-11(2)9-20-7-5-17(6-8-20)15(22)21(16(23)18-17)10-14-12(3)19-24-13(14)4/h11H,5-10H2,1-4H3,(H,18,23). The third kappa shape index (κ3) is 2.92. The van der Waals surface area contributed by atoms with E-state index in [2.05, 4.69) is 29.2 Å². The highest BCUT2D eigenvalue weighted by atomic mass is 16.5. The normalized spacial score (nSPS) is 21.1. The Morgan fingerprint density at radius 3 is 2.46 bits per heavy atom. The molecule has 0 aliphatic carbocycles. The minimum Gasteiger partial charge on any atom is -0.361 e. The van der Waals surface area contributed by atoms with Gasteiger partial charge in [-0.05, 0) is 32.6 Å². The number of likely N-dealkylation sites (tertiary alicyclic amines) is 1. The first-order valence-electron chi connectivity index (χ1n) is 8.60. The summed E-state index contributed by atoms with van der Waals surface area (Å²) in [7, 11) is 0. The van der Waals surface area contributed by atoms with Crippen LogP contribution in [0.25, 0.3) is 0 Å². The third-order valence-corrected chi connectivity index (χ3v) is 5.08. The number of hydrogen-bond acceptors (Lipinski definition) is 5. The Hall–Kier alpha value is -1.89. The number of amides is 3. The number of aryl methyl sites for hydroxylation is 2. The summed E-state index contributed by atoms with van der Waals surface area (Å²) < 4.78 is 5.14. The second-order valence-electron chi connectivity index (χ2n) is 7.40. The van der Waals surface area contributed by atoms with Gasteiger partial charge in [-0.25, -0.2) is 4.79 Å². The third-order valence-electron chi connectivity index (χ3n) is 5.08. The lowest BCUT2D eigenvalue weighted by molar-refractivity contribution is -0.133. The molecular weight excluding hydrogens is 308 g/mol. The predicted molar refractivity (Wildman–Crippen MR) is 88.3 cm³/mol. The maximum absolute atomic E-state index is 12.9. The summed E-state index contributed by atoms with van der Waals surface area (Å²) in [6.07, 6.45) is 1.34. The number of nitrogens with one attached hydrogen (secondary N) is 1. The number of piperidine rings is 1. The van der Waals surface area contributed by atoms with Gasteiger partial charge >= 0.3 is 6.03 Å². The van der Waals surface area contributed by atoms with Crippen molar-refractivity contribution in [1.82, 2.24) is 20.3 Å². The van der Waals surface area contributed by atoms with Crippen LogP contribution in [0.3, 0.4) is 0 Å². The minimum absolute atomic E-state index is 0.114. The van der Waals surface area contributed by atoms with E-state index in [0.29, 0.717) is 24.5 Å². The van der Waals surface area contributed by atoms with E-state index in [0.717, 1.165) is 30.9 Å². The lowest BCUT2D eigenvalue weighted by Gasteiger charge is -2.37. The molecule has 3 rings (SSSR count). The highest BCUT2D eigenvalue weighted by molar-refractivity contribution is 6.07. The summed E-state index contributed by atoms with van der Waals surface area (Å²) in [5, 5.41) is 6.85. The van der Waals surface area contributed by atoms with Crippen molar-refractivity contribution in [2.24, 2.45) is 5.92 Å². The molecule has 0 saturated carbocycles. The molecule has 7 heteroatoms. The quantitative estimate of drug-likeness (QED) is 0.850. The van der Waals surface area contributed by atoms with Crippen LogP contribution in [0.4, 0.5) is 4.79 Å². The van der Waals surface area contributed by atoms with Gasteiger partial charge in [0.1, 0.15) is 11.3 Å². The van der Waals surface area contributed by atoms with Gasteiger partial charge in [0.15, 0.2) is 0 Å². The fourth-order valence-corrected chi connectivity index (χ4v) is 3.68. The van der Waals surface area contributed by atoms with Crippen molar-refractivity contribution in [2.75, 3.05) is 19.6 Å². The Morgan fingerprint density at radius 1 is 1.25 bits per heavy atom. The molecule has 2 aliphatic rings. The van der Waals surface area contributed by atoms with Gasteiger partial charge in [-0.15, -0.1) is 0 Å². The van der Waals surface area contributed by atoms with Crippen molar-refractivity contribution in [3.63, 3.8) is 0 Å². The van der Waals surface area contributed by atoms with Gasteiger partial charge in [0.25, 0.3) is 5.91 Å². The van der Waals surface area contributed by atoms with E-state index in [9.17, 15) is 9.59 Å². The minimum atomic E-state index is -0.733. The SMILES string of the molecule is Cc1noc(C)c1CN1C(=O)NC2(CCN(CC(C)C)CC2)C1=O. The Bertz CT molecular complexity index is 625. The van der Waals surface area contributed by atoms with Gasteiger partial charge in [0.2, 0.25) is 0 Å². The van der Waals surface area contributed by atoms with Crippen molar-refractivity contribution < 1.29 is 14.1 Å². The first kappa shape index (κ1) is 17.0. The van der Waals surface area contributed by atoms with Crippen molar-refractivity contribution in [2.45, 2.75) is 52.6 Å². The molecule has 0 bridgehead atoms. The van der Waals surface area contributed by atoms with Crippen molar-refractivity contribution in [3.05, 3.63) is 17.0 Å². The van der Waals surface area contributed by atoms with Crippen LogP contribution < -0.4 is 5.32 Å². The van der Waals surface area contributed by atoms with E-state index in [1.54, 1.807) is 6.92 Å². The molecule has 1 aromatic rings. The zero-order chi connectivity index (χ0) is 17.5. The largest absolute Gasteiger partial charge is 0.361 e. The van der Waals surface area contributed by atoms with Crippen LogP contribution in [0.1, 0.15) is 43.7 Å². The van der Waals surface area contributed by atoms with Gasteiger partial charge in [-0.3, -0.25) is 9.69 Å². The predicted octanol–water partition coefficient (Wildman–Crippen LogP) is 1.83. The summed E-state index contributed by atoms with van der Waals surface area (Å²) in [6, 6.07) is -0.308. The fraction of sp³-hybridized carbons (Fsp3) is 0.706. The van der Waals surface area contributed by atoms with Gasteiger partial charge < -0.3 is 14.7 Å². The fourth-order valence-electron chi connectivity index (χ4n) is 3.68. The number of urea groups is 1. The molecule has 0 radical (unpaired) electrons. The van der Waals surface area contributed by atoms with E-state index >= 15 is 0 Å². The van der Waals surface area contributed by atoms with Crippen LogP contribution in [-0.2, 0) is 11.3 Å². The number of imide groups is 1. The van der Waals surface area contributed by atoms with Crippen molar-refractivity contribution >= 4 is 11.9 Å². The molecule has 1 N–H and O–H groups in total. The molecule has 3 heterocycles. The van der Waals surface area contributed by atoms with E-state index in [1.807, 2.05) is 6.92 Å². The van der Waals surface area contributed by atoms with E-state index in [-0.39, 0.29) is 18.5 Å². The first-order valence-corrected chi connectivity index (χ1v) is 8.60. The van der Waals surface area contributed by atoms with Crippen LogP contribution in [-0.4, -0.2) is 52.1 Å². The lowest BCUT2D eigenvalue weighted by Crippen LogP contribution is -2.55. The molecule has 24 heavy (non-hydrogen) atoms. The Kier molecular flexibility index (Phi) is 4.38. The van der Waals surface area contributed by atoms with Crippen LogP contribution in [0.15, 0.2) is 4.52 Å². The van der Waals surface area contributed by atoms with E-state index in [1.165, 1.54) is 4.90 Å². The summed E-state index contributed by atoms with van der Waals surface area (Å²) >= 11 is 0. The second-order valence-corrected chi connectivity index (χ2v) is 7.40. The zero-order valence-corrected chi connectivity index (χ0v) is 14.9. The van der Waals surface area contributed by atoms with E-state index in [4.69, 9.17) is 4.52 Å². The topological polar surface area (TPSA) is 78.7 Å². The molecule has 132 valence electrons. The summed E-state index contributed by atoms with van der Waals surface area (Å²) in [5.74, 6) is 1.14. The second kappa shape index (κ2) is 6.20. The highest BCUT2D eigenvalue weighted by Crippen LogP contribution is 2.31. The summed E-state index contributed by atoms with van der Waals surface area (Å²) in [6.45, 7) is 10.9. The average Bonchev–Trinajstić information content (AvgIpc) is 2.95. The van der Waals surface area contributed by atoms with Gasteiger partial charge in [0.05, 0.1) is 12.2 Å². The highest BCUT2D eigenvalue weighted by Gasteiger charge is 2.52. The molecular formula is C17H26N4O3. The first-order chi connectivity index (χ1) is 11.3.